The number of fused-ring (bicyclic) bond motifs is 2. The van der Waals surface area contributed by atoms with Gasteiger partial charge in [-0.1, -0.05) is 36.4 Å². The Balaban J connectivity index is 1.73. The minimum Gasteiger partial charge on any atom is -0.462 e. The Bertz CT molecular complexity index is 1320. The molecule has 0 saturated heterocycles. The van der Waals surface area contributed by atoms with Crippen molar-refractivity contribution in [2.45, 2.75) is 20.4 Å². The van der Waals surface area contributed by atoms with E-state index in [1.54, 1.807) is 26.0 Å². The van der Waals surface area contributed by atoms with Crippen molar-refractivity contribution in [3.63, 3.8) is 0 Å². The average molecular weight is 390 g/mol. The number of aromatic nitrogens is 2. The number of nitrogens with zero attached hydrogens (tertiary/aromatic N) is 2. The van der Waals surface area contributed by atoms with Gasteiger partial charge in [-0.3, -0.25) is 14.2 Å². The molecule has 0 spiro atoms. The quantitative estimate of drug-likeness (QED) is 0.383. The third kappa shape index (κ3) is 3.31. The number of hydrogen-bond acceptors (Lipinski definition) is 6. The van der Waals surface area contributed by atoms with Crippen molar-refractivity contribution in [2.24, 2.45) is 0 Å². The number of furan rings is 1. The topological polar surface area (TPSA) is 91.4 Å². The summed E-state index contributed by atoms with van der Waals surface area (Å²) in [7, 11) is 0. The van der Waals surface area contributed by atoms with Crippen LogP contribution >= 0.6 is 0 Å². The number of hydrogen-bond donors (Lipinski definition) is 0. The summed E-state index contributed by atoms with van der Waals surface area (Å²) in [6, 6.07) is 13.1. The first-order valence-corrected chi connectivity index (χ1v) is 9.17. The van der Waals surface area contributed by atoms with Crippen molar-refractivity contribution in [2.75, 3.05) is 6.61 Å². The zero-order valence-corrected chi connectivity index (χ0v) is 16.0. The molecule has 0 aliphatic carbocycles. The molecule has 146 valence electrons. The molecule has 7 nitrogen and oxygen atoms in total. The summed E-state index contributed by atoms with van der Waals surface area (Å²) in [5.41, 5.74) is 0.0607. The Morgan fingerprint density at radius 2 is 1.90 bits per heavy atom. The van der Waals surface area contributed by atoms with Gasteiger partial charge >= 0.3 is 5.97 Å². The summed E-state index contributed by atoms with van der Waals surface area (Å²) in [4.78, 5) is 42.1. The molecule has 0 radical (unpaired) electrons. The van der Waals surface area contributed by atoms with Crippen LogP contribution < -0.4 is 5.56 Å². The number of aryl methyl sites for hydroxylation is 1. The maximum atomic E-state index is 13.0. The van der Waals surface area contributed by atoms with Crippen molar-refractivity contribution in [1.82, 2.24) is 9.55 Å². The maximum Gasteiger partial charge on any atom is 0.342 e. The Morgan fingerprint density at radius 1 is 1.14 bits per heavy atom. The van der Waals surface area contributed by atoms with Crippen molar-refractivity contribution in [1.29, 1.82) is 0 Å². The van der Waals surface area contributed by atoms with E-state index in [1.165, 1.54) is 10.9 Å². The Labute approximate surface area is 165 Å². The lowest BCUT2D eigenvalue weighted by molar-refractivity contribution is 0.0526. The zero-order chi connectivity index (χ0) is 20.5. The molecule has 0 aliphatic heterocycles. The molecule has 0 atom stereocenters. The van der Waals surface area contributed by atoms with Crippen LogP contribution in [0.4, 0.5) is 0 Å². The van der Waals surface area contributed by atoms with Crippen LogP contribution in [-0.2, 0) is 11.3 Å². The second kappa shape index (κ2) is 7.35. The van der Waals surface area contributed by atoms with Crippen molar-refractivity contribution in [3.8, 4) is 0 Å². The number of esters is 1. The highest BCUT2D eigenvalue weighted by Gasteiger charge is 2.24. The number of rotatable bonds is 5. The van der Waals surface area contributed by atoms with Crippen LogP contribution in [0.2, 0.25) is 0 Å². The highest BCUT2D eigenvalue weighted by atomic mass is 16.5. The molecule has 2 aromatic carbocycles. The molecule has 2 heterocycles. The zero-order valence-electron chi connectivity index (χ0n) is 16.0. The minimum absolute atomic E-state index is 0.0229. The van der Waals surface area contributed by atoms with Gasteiger partial charge in [0.25, 0.3) is 5.56 Å². The molecule has 0 bridgehead atoms. The number of carbonyl (C=O) groups is 2. The first kappa shape index (κ1) is 18.6. The van der Waals surface area contributed by atoms with Crippen molar-refractivity contribution >= 4 is 33.6 Å². The van der Waals surface area contributed by atoms with E-state index in [0.717, 1.165) is 10.8 Å². The van der Waals surface area contributed by atoms with Gasteiger partial charge in [0, 0.05) is 5.56 Å². The molecule has 4 rings (SSSR count). The lowest BCUT2D eigenvalue weighted by Gasteiger charge is -2.06. The SMILES string of the molecule is CCOC(=O)c1c(C)oc2ncn(CC(=O)c3ccc4ccccc4c3)c(=O)c12. The van der Waals surface area contributed by atoms with E-state index in [9.17, 15) is 14.4 Å². The first-order valence-electron chi connectivity index (χ1n) is 9.17. The second-order valence-electron chi connectivity index (χ2n) is 6.60. The fraction of sp³-hybridized carbons (Fsp3) is 0.182. The summed E-state index contributed by atoms with van der Waals surface area (Å²) in [6.45, 7) is 3.21. The van der Waals surface area contributed by atoms with Gasteiger partial charge in [0.15, 0.2) is 5.78 Å². The molecule has 2 aromatic heterocycles. The fourth-order valence-electron chi connectivity index (χ4n) is 3.31. The van der Waals surface area contributed by atoms with E-state index in [0.29, 0.717) is 5.56 Å². The number of carbonyl (C=O) groups excluding carboxylic acids is 2. The maximum absolute atomic E-state index is 13.0. The van der Waals surface area contributed by atoms with Crippen LogP contribution in [0.1, 0.15) is 33.4 Å². The van der Waals surface area contributed by atoms with Gasteiger partial charge < -0.3 is 9.15 Å². The molecule has 7 heteroatoms. The third-order valence-electron chi connectivity index (χ3n) is 4.72. The fourth-order valence-corrected chi connectivity index (χ4v) is 3.31. The van der Waals surface area contributed by atoms with E-state index < -0.39 is 11.5 Å². The van der Waals surface area contributed by atoms with Crippen molar-refractivity contribution in [3.05, 3.63) is 76.0 Å². The number of Topliss-reactive ketones (excluding diaryl/α,β-unsaturated/α-hetero) is 1. The van der Waals surface area contributed by atoms with Crippen LogP contribution in [0.15, 0.2) is 58.0 Å². The summed E-state index contributed by atoms with van der Waals surface area (Å²) >= 11 is 0. The number of ether oxygens (including phenoxy) is 1. The molecule has 4 aromatic rings. The molecule has 0 fully saturated rings. The predicted molar refractivity (Wildman–Crippen MR) is 107 cm³/mol. The van der Waals surface area contributed by atoms with Gasteiger partial charge in [0.2, 0.25) is 5.71 Å². The van der Waals surface area contributed by atoms with Crippen LogP contribution in [0, 0.1) is 6.92 Å². The Kier molecular flexibility index (Phi) is 4.72. The van der Waals surface area contributed by atoms with Crippen LogP contribution in [0.3, 0.4) is 0 Å². The number of benzene rings is 2. The Hall–Kier alpha value is -3.74. The van der Waals surface area contributed by atoms with E-state index in [-0.39, 0.29) is 41.4 Å². The van der Waals surface area contributed by atoms with Gasteiger partial charge in [-0.2, -0.15) is 0 Å². The number of ketones is 1. The van der Waals surface area contributed by atoms with E-state index >= 15 is 0 Å². The van der Waals surface area contributed by atoms with Gasteiger partial charge in [-0.25, -0.2) is 9.78 Å². The molecule has 29 heavy (non-hydrogen) atoms. The van der Waals surface area contributed by atoms with Gasteiger partial charge in [-0.05, 0) is 30.7 Å². The van der Waals surface area contributed by atoms with Gasteiger partial charge in [0.1, 0.15) is 23.0 Å². The lowest BCUT2D eigenvalue weighted by Crippen LogP contribution is -2.25. The van der Waals surface area contributed by atoms with Crippen LogP contribution in [-0.4, -0.2) is 27.9 Å². The monoisotopic (exact) mass is 390 g/mol. The van der Waals surface area contributed by atoms with Crippen molar-refractivity contribution < 1.29 is 18.7 Å². The summed E-state index contributed by atoms with van der Waals surface area (Å²) < 4.78 is 11.6. The van der Waals surface area contributed by atoms with Gasteiger partial charge in [-0.15, -0.1) is 0 Å². The smallest absolute Gasteiger partial charge is 0.342 e. The molecular formula is C22H18N2O5. The lowest BCUT2D eigenvalue weighted by atomic mass is 10.0. The molecular weight excluding hydrogens is 372 g/mol. The van der Waals surface area contributed by atoms with Crippen LogP contribution in [0.5, 0.6) is 0 Å². The van der Waals surface area contributed by atoms with E-state index in [2.05, 4.69) is 4.98 Å². The highest BCUT2D eigenvalue weighted by Crippen LogP contribution is 2.22. The second-order valence-corrected chi connectivity index (χ2v) is 6.60. The average Bonchev–Trinajstić information content (AvgIpc) is 3.06. The minimum atomic E-state index is -0.652. The van der Waals surface area contributed by atoms with Gasteiger partial charge in [0.05, 0.1) is 13.2 Å². The Morgan fingerprint density at radius 3 is 2.66 bits per heavy atom. The summed E-state index contributed by atoms with van der Waals surface area (Å²) in [6.07, 6.45) is 1.25. The summed E-state index contributed by atoms with van der Waals surface area (Å²) in [5.74, 6) is -0.639. The van der Waals surface area contributed by atoms with E-state index in [4.69, 9.17) is 9.15 Å². The third-order valence-corrected chi connectivity index (χ3v) is 4.72. The first-order chi connectivity index (χ1) is 14.0. The molecule has 0 N–H and O–H groups in total. The summed E-state index contributed by atoms with van der Waals surface area (Å²) in [5, 5.41) is 1.99. The van der Waals surface area contributed by atoms with Crippen LogP contribution in [0.25, 0.3) is 21.9 Å². The standard InChI is InChI=1S/C22H18N2O5/c1-3-28-22(27)18-13(2)29-20-19(18)21(26)24(12-23-20)11-17(25)16-9-8-14-6-4-5-7-15(14)10-16/h4-10,12H,3,11H2,1-2H3. The molecule has 0 saturated carbocycles. The largest absolute Gasteiger partial charge is 0.462 e. The normalized spacial score (nSPS) is 11.1. The highest BCUT2D eigenvalue weighted by molar-refractivity contribution is 6.03. The van der Waals surface area contributed by atoms with E-state index in [1.807, 2.05) is 30.3 Å². The molecule has 0 amide bonds. The molecule has 0 aliphatic rings. The molecule has 0 unspecified atom stereocenters. The predicted octanol–water partition coefficient (Wildman–Crippen LogP) is 3.51.